The van der Waals surface area contributed by atoms with Gasteiger partial charge in [0.15, 0.2) is 0 Å². The molecule has 19 heavy (non-hydrogen) atoms. The average molecular weight is 256 g/mol. The van der Waals surface area contributed by atoms with Crippen molar-refractivity contribution in [2.45, 2.75) is 26.3 Å². The summed E-state index contributed by atoms with van der Waals surface area (Å²) in [5, 5.41) is 0. The number of aromatic nitrogens is 2. The number of anilines is 2. The van der Waals surface area contributed by atoms with Crippen LogP contribution in [0.25, 0.3) is 0 Å². The van der Waals surface area contributed by atoms with E-state index in [0.29, 0.717) is 6.54 Å². The van der Waals surface area contributed by atoms with Crippen molar-refractivity contribution in [2.24, 2.45) is 5.73 Å². The molecule has 2 N–H and O–H groups in total. The molecule has 0 saturated heterocycles. The van der Waals surface area contributed by atoms with Gasteiger partial charge in [0, 0.05) is 31.0 Å². The third kappa shape index (κ3) is 3.09. The minimum Gasteiger partial charge on any atom is -0.329 e. The van der Waals surface area contributed by atoms with Crippen LogP contribution in [-0.4, -0.2) is 17.0 Å². The van der Waals surface area contributed by atoms with Gasteiger partial charge in [-0.1, -0.05) is 31.5 Å². The molecule has 0 fully saturated rings. The zero-order valence-electron chi connectivity index (χ0n) is 11.5. The summed E-state index contributed by atoms with van der Waals surface area (Å²) >= 11 is 0. The highest BCUT2D eigenvalue weighted by atomic mass is 15.2. The lowest BCUT2D eigenvalue weighted by molar-refractivity contribution is 0.869. The summed E-state index contributed by atoms with van der Waals surface area (Å²) in [6.07, 6.45) is 3.68. The summed E-state index contributed by atoms with van der Waals surface area (Å²) in [5.41, 5.74) is 9.06. The van der Waals surface area contributed by atoms with Crippen molar-refractivity contribution >= 4 is 11.5 Å². The number of aryl methyl sites for hydroxylation is 1. The molecule has 0 aliphatic carbocycles. The summed E-state index contributed by atoms with van der Waals surface area (Å²) in [5.74, 6) is 0.902. The molecule has 0 aliphatic heterocycles. The Morgan fingerprint density at radius 2 is 2.00 bits per heavy atom. The molecule has 0 amide bonds. The van der Waals surface area contributed by atoms with E-state index >= 15 is 0 Å². The van der Waals surface area contributed by atoms with Crippen LogP contribution in [0.15, 0.2) is 36.7 Å². The van der Waals surface area contributed by atoms with Crippen LogP contribution in [0.1, 0.15) is 24.6 Å². The molecule has 0 spiro atoms. The van der Waals surface area contributed by atoms with E-state index in [4.69, 9.17) is 5.73 Å². The molecule has 0 radical (unpaired) electrons. The number of hydrogen-bond acceptors (Lipinski definition) is 4. The van der Waals surface area contributed by atoms with E-state index in [9.17, 15) is 0 Å². The summed E-state index contributed by atoms with van der Waals surface area (Å²) in [6.45, 7) is 2.67. The van der Waals surface area contributed by atoms with Crippen LogP contribution in [0, 0.1) is 0 Å². The van der Waals surface area contributed by atoms with Crippen LogP contribution < -0.4 is 10.6 Å². The Morgan fingerprint density at radius 1 is 1.21 bits per heavy atom. The summed E-state index contributed by atoms with van der Waals surface area (Å²) in [4.78, 5) is 10.7. The van der Waals surface area contributed by atoms with Crippen molar-refractivity contribution in [1.82, 2.24) is 9.97 Å². The molecule has 0 atom stereocenters. The van der Waals surface area contributed by atoms with Gasteiger partial charge in [-0.2, -0.15) is 0 Å². The topological polar surface area (TPSA) is 55.0 Å². The van der Waals surface area contributed by atoms with Crippen molar-refractivity contribution in [2.75, 3.05) is 11.9 Å². The Bertz CT molecular complexity index is 539. The van der Waals surface area contributed by atoms with Gasteiger partial charge in [-0.25, -0.2) is 9.97 Å². The molecule has 1 heterocycles. The monoisotopic (exact) mass is 256 g/mol. The highest BCUT2D eigenvalue weighted by Crippen LogP contribution is 2.25. The van der Waals surface area contributed by atoms with Gasteiger partial charge in [-0.15, -0.1) is 0 Å². The molecule has 2 rings (SSSR count). The first-order valence-electron chi connectivity index (χ1n) is 6.59. The van der Waals surface area contributed by atoms with E-state index < -0.39 is 0 Å². The highest BCUT2D eigenvalue weighted by Gasteiger charge is 2.09. The lowest BCUT2D eigenvalue weighted by Gasteiger charge is -2.21. The predicted octanol–water partition coefficient (Wildman–Crippen LogP) is 2.66. The van der Waals surface area contributed by atoms with Gasteiger partial charge in [0.1, 0.15) is 12.1 Å². The standard InChI is InChI=1S/C15H20N4/c1-3-6-13-9-15(18-11-17-13)19(2)14-8-5-4-7-12(14)10-16/h4-5,7-9,11H,3,6,10,16H2,1-2H3. The molecule has 0 saturated carbocycles. The van der Waals surface area contributed by atoms with E-state index in [1.165, 1.54) is 0 Å². The highest BCUT2D eigenvalue weighted by molar-refractivity contribution is 5.63. The lowest BCUT2D eigenvalue weighted by atomic mass is 10.1. The quantitative estimate of drug-likeness (QED) is 0.893. The molecule has 100 valence electrons. The van der Waals surface area contributed by atoms with Gasteiger partial charge < -0.3 is 10.6 Å². The van der Waals surface area contributed by atoms with E-state index in [0.717, 1.165) is 35.6 Å². The summed E-state index contributed by atoms with van der Waals surface area (Å²) < 4.78 is 0. The lowest BCUT2D eigenvalue weighted by Crippen LogP contribution is -2.15. The van der Waals surface area contributed by atoms with Gasteiger partial charge in [-0.3, -0.25) is 0 Å². The number of nitrogens with zero attached hydrogens (tertiary/aromatic N) is 3. The largest absolute Gasteiger partial charge is 0.329 e. The molecular weight excluding hydrogens is 236 g/mol. The smallest absolute Gasteiger partial charge is 0.136 e. The average Bonchev–Trinajstić information content (AvgIpc) is 2.47. The van der Waals surface area contributed by atoms with E-state index in [2.05, 4.69) is 27.9 Å². The molecular formula is C15H20N4. The second-order valence-corrected chi connectivity index (χ2v) is 4.51. The van der Waals surface area contributed by atoms with Gasteiger partial charge >= 0.3 is 0 Å². The zero-order chi connectivity index (χ0) is 13.7. The first-order valence-corrected chi connectivity index (χ1v) is 6.59. The van der Waals surface area contributed by atoms with Crippen LogP contribution in [0.4, 0.5) is 11.5 Å². The molecule has 0 unspecified atom stereocenters. The third-order valence-electron chi connectivity index (χ3n) is 3.13. The molecule has 4 heteroatoms. The predicted molar refractivity (Wildman–Crippen MR) is 78.4 cm³/mol. The van der Waals surface area contributed by atoms with Crippen LogP contribution in [0.2, 0.25) is 0 Å². The summed E-state index contributed by atoms with van der Waals surface area (Å²) in [6, 6.07) is 10.2. The fourth-order valence-electron chi connectivity index (χ4n) is 2.10. The van der Waals surface area contributed by atoms with Crippen LogP contribution in [-0.2, 0) is 13.0 Å². The maximum atomic E-state index is 5.78. The Morgan fingerprint density at radius 3 is 2.74 bits per heavy atom. The first-order chi connectivity index (χ1) is 9.26. The number of benzene rings is 1. The normalized spacial score (nSPS) is 10.5. The summed E-state index contributed by atoms with van der Waals surface area (Å²) in [7, 11) is 2.01. The molecule has 1 aromatic carbocycles. The van der Waals surface area contributed by atoms with Crippen molar-refractivity contribution in [3.8, 4) is 0 Å². The first kappa shape index (κ1) is 13.5. The minimum atomic E-state index is 0.521. The third-order valence-corrected chi connectivity index (χ3v) is 3.13. The number of hydrogen-bond donors (Lipinski definition) is 1. The van der Waals surface area contributed by atoms with Crippen LogP contribution in [0.5, 0.6) is 0 Å². The van der Waals surface area contributed by atoms with Crippen LogP contribution >= 0.6 is 0 Å². The van der Waals surface area contributed by atoms with Crippen LogP contribution in [0.3, 0.4) is 0 Å². The molecule has 0 bridgehead atoms. The van der Waals surface area contributed by atoms with Gasteiger partial charge in [0.05, 0.1) is 0 Å². The Hall–Kier alpha value is -1.94. The number of rotatable bonds is 5. The van der Waals surface area contributed by atoms with E-state index in [1.807, 2.05) is 31.3 Å². The fourth-order valence-corrected chi connectivity index (χ4v) is 2.10. The fraction of sp³-hybridized carbons (Fsp3) is 0.333. The maximum Gasteiger partial charge on any atom is 0.136 e. The molecule has 0 aliphatic rings. The van der Waals surface area contributed by atoms with E-state index in [-0.39, 0.29) is 0 Å². The maximum absolute atomic E-state index is 5.78. The van der Waals surface area contributed by atoms with Crippen molar-refractivity contribution in [3.63, 3.8) is 0 Å². The number of para-hydroxylation sites is 1. The Kier molecular flexibility index (Phi) is 4.47. The SMILES string of the molecule is CCCc1cc(N(C)c2ccccc2CN)ncn1. The van der Waals surface area contributed by atoms with Gasteiger partial charge in [-0.05, 0) is 18.1 Å². The molecule has 1 aromatic heterocycles. The zero-order valence-corrected chi connectivity index (χ0v) is 11.5. The Labute approximate surface area is 114 Å². The molecule has 2 aromatic rings. The Balaban J connectivity index is 2.32. The van der Waals surface area contributed by atoms with Crippen molar-refractivity contribution in [3.05, 3.63) is 47.9 Å². The van der Waals surface area contributed by atoms with E-state index in [1.54, 1.807) is 6.33 Å². The second-order valence-electron chi connectivity index (χ2n) is 4.51. The van der Waals surface area contributed by atoms with Gasteiger partial charge in [0.2, 0.25) is 0 Å². The van der Waals surface area contributed by atoms with Gasteiger partial charge in [0.25, 0.3) is 0 Å². The van der Waals surface area contributed by atoms with Crippen molar-refractivity contribution in [1.29, 1.82) is 0 Å². The van der Waals surface area contributed by atoms with Crippen molar-refractivity contribution < 1.29 is 0 Å². The second kappa shape index (κ2) is 6.29. The number of nitrogens with two attached hydrogens (primary N) is 1. The minimum absolute atomic E-state index is 0.521. The molecule has 4 nitrogen and oxygen atoms in total.